The lowest BCUT2D eigenvalue weighted by atomic mass is 10.0. The lowest BCUT2D eigenvalue weighted by Gasteiger charge is -2.17. The molecule has 33 heavy (non-hydrogen) atoms. The van der Waals surface area contributed by atoms with Gasteiger partial charge in [-0.1, -0.05) is 30.3 Å². The highest BCUT2D eigenvalue weighted by Gasteiger charge is 2.23. The van der Waals surface area contributed by atoms with Crippen molar-refractivity contribution in [2.45, 2.75) is 20.4 Å². The van der Waals surface area contributed by atoms with Crippen molar-refractivity contribution in [1.29, 1.82) is 0 Å². The van der Waals surface area contributed by atoms with Crippen LogP contribution >= 0.6 is 0 Å². The average Bonchev–Trinajstić information content (AvgIpc) is 2.85. The molecule has 0 spiro atoms. The van der Waals surface area contributed by atoms with Crippen molar-refractivity contribution in [3.63, 3.8) is 0 Å². The fourth-order valence-electron chi connectivity index (χ4n) is 3.73. The number of fused-ring (bicyclic) bond motifs is 1. The summed E-state index contributed by atoms with van der Waals surface area (Å²) in [6.45, 7) is 3.55. The minimum Gasteiger partial charge on any atom is -0.465 e. The van der Waals surface area contributed by atoms with Crippen LogP contribution in [0, 0.1) is 0 Å². The van der Waals surface area contributed by atoms with Crippen molar-refractivity contribution in [1.82, 2.24) is 14.8 Å². The van der Waals surface area contributed by atoms with Crippen LogP contribution in [0.2, 0.25) is 0 Å². The number of esters is 1. The van der Waals surface area contributed by atoms with Gasteiger partial charge in [0.05, 0.1) is 23.8 Å². The van der Waals surface area contributed by atoms with E-state index in [4.69, 9.17) is 4.74 Å². The maximum Gasteiger partial charge on any atom is 0.340 e. The van der Waals surface area contributed by atoms with Gasteiger partial charge in [0.25, 0.3) is 5.56 Å². The molecule has 0 radical (unpaired) electrons. The molecule has 2 aromatic heterocycles. The molecule has 8 nitrogen and oxygen atoms in total. The number of Topliss-reactive ketones (excluding diaryl/α,β-unsaturated/α-hetero) is 1. The highest BCUT2D eigenvalue weighted by molar-refractivity contribution is 6.09. The number of aryl methyl sites for hydroxylation is 1. The maximum atomic E-state index is 13.3. The molecule has 0 aliphatic heterocycles. The van der Waals surface area contributed by atoms with Gasteiger partial charge in [-0.05, 0) is 38.1 Å². The molecule has 0 amide bonds. The Morgan fingerprint density at radius 3 is 2.48 bits per heavy atom. The summed E-state index contributed by atoms with van der Waals surface area (Å²) >= 11 is 0. The van der Waals surface area contributed by atoms with E-state index in [0.29, 0.717) is 34.4 Å². The third-order valence-corrected chi connectivity index (χ3v) is 5.29. The Hall–Kier alpha value is -4.33. The van der Waals surface area contributed by atoms with Crippen LogP contribution in [0.1, 0.15) is 34.6 Å². The minimum atomic E-state index is -0.515. The largest absolute Gasteiger partial charge is 0.465 e. The smallest absolute Gasteiger partial charge is 0.340 e. The fourth-order valence-corrected chi connectivity index (χ4v) is 3.73. The van der Waals surface area contributed by atoms with E-state index in [1.54, 1.807) is 30.5 Å². The molecule has 166 valence electrons. The van der Waals surface area contributed by atoms with Gasteiger partial charge in [-0.3, -0.25) is 14.6 Å². The van der Waals surface area contributed by atoms with Gasteiger partial charge >= 0.3 is 5.97 Å². The summed E-state index contributed by atoms with van der Waals surface area (Å²) in [6.07, 6.45) is 1.57. The number of hydrogen-bond donors (Lipinski definition) is 1. The molecule has 0 saturated carbocycles. The van der Waals surface area contributed by atoms with Crippen LogP contribution in [0.5, 0.6) is 0 Å². The zero-order valence-electron chi connectivity index (χ0n) is 18.5. The molecule has 4 aromatic rings. The Kier molecular flexibility index (Phi) is 5.99. The number of pyridine rings is 1. The first-order valence-corrected chi connectivity index (χ1v) is 10.4. The van der Waals surface area contributed by atoms with Crippen molar-refractivity contribution < 1.29 is 14.3 Å². The lowest BCUT2D eigenvalue weighted by molar-refractivity contribution is 0.0602. The van der Waals surface area contributed by atoms with E-state index in [9.17, 15) is 14.4 Å². The lowest BCUT2D eigenvalue weighted by Crippen LogP contribution is -2.28. The molecule has 0 atom stereocenters. The molecule has 2 aromatic carbocycles. The number of carbonyl (C=O) groups is 2. The number of rotatable bonds is 6. The molecule has 0 fully saturated rings. The summed E-state index contributed by atoms with van der Waals surface area (Å²) in [5, 5.41) is 8.22. The first kappa shape index (κ1) is 21.9. The molecular weight excluding hydrogens is 420 g/mol. The van der Waals surface area contributed by atoms with Gasteiger partial charge in [-0.25, -0.2) is 9.48 Å². The molecule has 0 aliphatic rings. The van der Waals surface area contributed by atoms with E-state index in [0.717, 1.165) is 5.56 Å². The summed E-state index contributed by atoms with van der Waals surface area (Å²) in [6, 6.07) is 16.0. The molecular formula is C25H22N4O4. The van der Waals surface area contributed by atoms with Crippen molar-refractivity contribution in [2.75, 3.05) is 12.4 Å². The standard InChI is InChI=1S/C25H22N4O4/c1-4-29-24(31)23(20(15(2)30)21(28-29)16-9-6-5-7-10-16)27-19-13-12-18(25(32)33-3)22-17(19)11-8-14-26-22/h5-14,27H,4H2,1-3H3. The Morgan fingerprint density at radius 1 is 1.06 bits per heavy atom. The Morgan fingerprint density at radius 2 is 1.82 bits per heavy atom. The van der Waals surface area contributed by atoms with Gasteiger partial charge in [0.1, 0.15) is 11.4 Å². The molecule has 0 unspecified atom stereocenters. The van der Waals surface area contributed by atoms with E-state index in [2.05, 4.69) is 15.4 Å². The Bertz CT molecular complexity index is 1430. The molecule has 0 aliphatic carbocycles. The van der Waals surface area contributed by atoms with Gasteiger partial charge < -0.3 is 10.1 Å². The minimum absolute atomic E-state index is 0.120. The quantitative estimate of drug-likeness (QED) is 0.352. The summed E-state index contributed by atoms with van der Waals surface area (Å²) < 4.78 is 6.18. The van der Waals surface area contributed by atoms with Crippen LogP contribution in [0.15, 0.2) is 65.6 Å². The number of ketones is 1. The summed E-state index contributed by atoms with van der Waals surface area (Å²) in [4.78, 5) is 42.5. The number of nitrogens with one attached hydrogen (secondary N) is 1. The van der Waals surface area contributed by atoms with Crippen LogP contribution in [0.4, 0.5) is 11.4 Å². The summed E-state index contributed by atoms with van der Waals surface area (Å²) in [5.74, 6) is -0.809. The predicted octanol–water partition coefficient (Wildman–Crippen LogP) is 4.21. The highest BCUT2D eigenvalue weighted by Crippen LogP contribution is 2.31. The second-order valence-electron chi connectivity index (χ2n) is 7.32. The second-order valence-corrected chi connectivity index (χ2v) is 7.32. The summed E-state index contributed by atoms with van der Waals surface area (Å²) in [7, 11) is 1.30. The zero-order valence-corrected chi connectivity index (χ0v) is 18.5. The van der Waals surface area contributed by atoms with Crippen molar-refractivity contribution >= 4 is 34.0 Å². The molecule has 2 heterocycles. The number of nitrogens with zero attached hydrogens (tertiary/aromatic N) is 3. The number of anilines is 2. The predicted molar refractivity (Wildman–Crippen MR) is 126 cm³/mol. The van der Waals surface area contributed by atoms with E-state index >= 15 is 0 Å². The van der Waals surface area contributed by atoms with Gasteiger partial charge in [-0.15, -0.1) is 0 Å². The number of aromatic nitrogens is 3. The first-order chi connectivity index (χ1) is 16.0. The highest BCUT2D eigenvalue weighted by atomic mass is 16.5. The first-order valence-electron chi connectivity index (χ1n) is 10.4. The normalized spacial score (nSPS) is 10.8. The molecule has 8 heteroatoms. The van der Waals surface area contributed by atoms with Crippen LogP contribution in [0.25, 0.3) is 22.2 Å². The molecule has 0 bridgehead atoms. The Balaban J connectivity index is 1.97. The SMILES string of the molecule is CCn1nc(-c2ccccc2)c(C(C)=O)c(Nc2ccc(C(=O)OC)c3ncccc23)c1=O. The number of benzene rings is 2. The van der Waals surface area contributed by atoms with Gasteiger partial charge in [-0.2, -0.15) is 5.10 Å². The van der Waals surface area contributed by atoms with Crippen LogP contribution < -0.4 is 10.9 Å². The van der Waals surface area contributed by atoms with Crippen LogP contribution in [-0.2, 0) is 11.3 Å². The third-order valence-electron chi connectivity index (χ3n) is 5.29. The monoisotopic (exact) mass is 442 g/mol. The number of ether oxygens (including phenoxy) is 1. The van der Waals surface area contributed by atoms with Gasteiger partial charge in [0.2, 0.25) is 0 Å². The van der Waals surface area contributed by atoms with Crippen molar-refractivity contribution in [3.05, 3.63) is 82.3 Å². The topological polar surface area (TPSA) is 103 Å². The molecule has 1 N–H and O–H groups in total. The van der Waals surface area contributed by atoms with Gasteiger partial charge in [0.15, 0.2) is 5.78 Å². The van der Waals surface area contributed by atoms with E-state index < -0.39 is 11.5 Å². The van der Waals surface area contributed by atoms with Crippen LogP contribution in [-0.4, -0.2) is 33.6 Å². The second kappa shape index (κ2) is 9.04. The Labute approximate surface area is 189 Å². The molecule has 4 rings (SSSR count). The van der Waals surface area contributed by atoms with E-state index in [1.807, 2.05) is 37.3 Å². The van der Waals surface area contributed by atoms with Gasteiger partial charge in [0, 0.05) is 29.4 Å². The zero-order chi connectivity index (χ0) is 23.5. The van der Waals surface area contributed by atoms with Crippen LogP contribution in [0.3, 0.4) is 0 Å². The fraction of sp³-hybridized carbons (Fsp3) is 0.160. The van der Waals surface area contributed by atoms with Crippen molar-refractivity contribution in [2.24, 2.45) is 0 Å². The number of carbonyl (C=O) groups excluding carboxylic acids is 2. The number of methoxy groups -OCH3 is 1. The third kappa shape index (κ3) is 3.98. The maximum absolute atomic E-state index is 13.3. The molecule has 0 saturated heterocycles. The number of hydrogen-bond acceptors (Lipinski definition) is 7. The average molecular weight is 442 g/mol. The summed E-state index contributed by atoms with van der Waals surface area (Å²) in [5.41, 5.74) is 2.29. The van der Waals surface area contributed by atoms with Crippen molar-refractivity contribution in [3.8, 4) is 11.3 Å². The van der Waals surface area contributed by atoms with E-state index in [-0.39, 0.29) is 17.0 Å². The van der Waals surface area contributed by atoms with E-state index in [1.165, 1.54) is 18.7 Å².